The summed E-state index contributed by atoms with van der Waals surface area (Å²) in [4.78, 5) is 19.0. The molecule has 1 amide bonds. The maximum Gasteiger partial charge on any atom is 0.273 e. The summed E-state index contributed by atoms with van der Waals surface area (Å²) in [5.41, 5.74) is 7.32. The Labute approximate surface area is 128 Å². The average Bonchev–Trinajstić information content (AvgIpc) is 3.14. The van der Waals surface area contributed by atoms with Crippen molar-refractivity contribution in [1.82, 2.24) is 9.88 Å². The van der Waals surface area contributed by atoms with Crippen molar-refractivity contribution in [2.24, 2.45) is 11.7 Å². The van der Waals surface area contributed by atoms with Crippen LogP contribution >= 0.6 is 11.3 Å². The third-order valence-corrected chi connectivity index (χ3v) is 4.89. The standard InChI is InChI=1S/C16H19N3OS/c1-11-7-12(8-17)9-19(11)16(20)14-10-21-15(18-14)13-5-3-2-4-6-13/h2-6,10-12H,7-9,17H2,1H3. The Bertz CT molecular complexity index is 625. The van der Waals surface area contributed by atoms with Gasteiger partial charge in [0.1, 0.15) is 10.7 Å². The Balaban J connectivity index is 1.79. The fourth-order valence-electron chi connectivity index (χ4n) is 2.83. The van der Waals surface area contributed by atoms with Crippen LogP contribution < -0.4 is 5.73 Å². The van der Waals surface area contributed by atoms with Gasteiger partial charge in [-0.15, -0.1) is 11.3 Å². The fourth-order valence-corrected chi connectivity index (χ4v) is 3.63. The summed E-state index contributed by atoms with van der Waals surface area (Å²) in [6.45, 7) is 3.47. The highest BCUT2D eigenvalue weighted by atomic mass is 32.1. The summed E-state index contributed by atoms with van der Waals surface area (Å²) in [5, 5.41) is 2.74. The Morgan fingerprint density at radius 2 is 2.19 bits per heavy atom. The van der Waals surface area contributed by atoms with Gasteiger partial charge in [0.2, 0.25) is 0 Å². The van der Waals surface area contributed by atoms with Crippen LogP contribution in [0.25, 0.3) is 10.6 Å². The third-order valence-electron chi connectivity index (χ3n) is 4.00. The average molecular weight is 301 g/mol. The molecule has 2 unspecified atom stereocenters. The van der Waals surface area contributed by atoms with Crippen molar-refractivity contribution in [2.75, 3.05) is 13.1 Å². The number of carbonyl (C=O) groups excluding carboxylic acids is 1. The lowest BCUT2D eigenvalue weighted by Crippen LogP contribution is -2.34. The van der Waals surface area contributed by atoms with Gasteiger partial charge >= 0.3 is 0 Å². The Kier molecular flexibility index (Phi) is 4.03. The molecule has 21 heavy (non-hydrogen) atoms. The van der Waals surface area contributed by atoms with Crippen LogP contribution in [0.2, 0.25) is 0 Å². The van der Waals surface area contributed by atoms with Gasteiger partial charge < -0.3 is 10.6 Å². The second-order valence-corrected chi connectivity index (χ2v) is 6.41. The van der Waals surface area contributed by atoms with Crippen molar-refractivity contribution in [2.45, 2.75) is 19.4 Å². The molecule has 3 rings (SSSR count). The molecule has 1 fully saturated rings. The summed E-state index contributed by atoms with van der Waals surface area (Å²) in [5.74, 6) is 0.438. The molecular weight excluding hydrogens is 282 g/mol. The van der Waals surface area contributed by atoms with E-state index in [2.05, 4.69) is 11.9 Å². The second-order valence-electron chi connectivity index (χ2n) is 5.55. The lowest BCUT2D eigenvalue weighted by atomic mass is 10.1. The maximum atomic E-state index is 12.6. The van der Waals surface area contributed by atoms with E-state index in [-0.39, 0.29) is 11.9 Å². The van der Waals surface area contributed by atoms with Crippen LogP contribution in [0.5, 0.6) is 0 Å². The smallest absolute Gasteiger partial charge is 0.273 e. The predicted molar refractivity (Wildman–Crippen MR) is 85.2 cm³/mol. The fraction of sp³-hybridized carbons (Fsp3) is 0.375. The van der Waals surface area contributed by atoms with Crippen molar-refractivity contribution in [3.05, 3.63) is 41.4 Å². The van der Waals surface area contributed by atoms with Gasteiger partial charge in [-0.3, -0.25) is 4.79 Å². The molecule has 1 saturated heterocycles. The SMILES string of the molecule is CC1CC(CN)CN1C(=O)c1csc(-c2ccccc2)n1. The van der Waals surface area contributed by atoms with Crippen LogP contribution in [0, 0.1) is 5.92 Å². The summed E-state index contributed by atoms with van der Waals surface area (Å²) < 4.78 is 0. The monoisotopic (exact) mass is 301 g/mol. The molecule has 4 nitrogen and oxygen atoms in total. The quantitative estimate of drug-likeness (QED) is 0.948. The van der Waals surface area contributed by atoms with Crippen LogP contribution in [0.15, 0.2) is 35.7 Å². The lowest BCUT2D eigenvalue weighted by Gasteiger charge is -2.20. The largest absolute Gasteiger partial charge is 0.334 e. The first-order chi connectivity index (χ1) is 10.2. The third kappa shape index (κ3) is 2.84. The molecule has 2 heterocycles. The van der Waals surface area contributed by atoms with Crippen LogP contribution in [0.3, 0.4) is 0 Å². The van der Waals surface area contributed by atoms with Crippen molar-refractivity contribution in [1.29, 1.82) is 0 Å². The molecule has 1 aromatic heterocycles. The van der Waals surface area contributed by atoms with E-state index in [0.29, 0.717) is 18.2 Å². The predicted octanol–water partition coefficient (Wildman–Crippen LogP) is 2.62. The van der Waals surface area contributed by atoms with E-state index in [1.54, 1.807) is 0 Å². The number of hydrogen-bond acceptors (Lipinski definition) is 4. The molecule has 2 aromatic rings. The minimum Gasteiger partial charge on any atom is -0.334 e. The molecule has 1 aliphatic rings. The van der Waals surface area contributed by atoms with E-state index in [9.17, 15) is 4.79 Å². The number of carbonyl (C=O) groups is 1. The number of aromatic nitrogens is 1. The summed E-state index contributed by atoms with van der Waals surface area (Å²) in [6.07, 6.45) is 0.984. The van der Waals surface area contributed by atoms with Gasteiger partial charge in [-0.05, 0) is 25.8 Å². The van der Waals surface area contributed by atoms with E-state index < -0.39 is 0 Å². The highest BCUT2D eigenvalue weighted by molar-refractivity contribution is 7.13. The zero-order chi connectivity index (χ0) is 14.8. The number of nitrogens with two attached hydrogens (primary N) is 1. The summed E-state index contributed by atoms with van der Waals surface area (Å²) >= 11 is 1.51. The van der Waals surface area contributed by atoms with E-state index in [4.69, 9.17) is 5.73 Å². The van der Waals surface area contributed by atoms with Crippen molar-refractivity contribution in [3.63, 3.8) is 0 Å². The number of amides is 1. The van der Waals surface area contributed by atoms with Crippen LogP contribution in [-0.2, 0) is 0 Å². The zero-order valence-electron chi connectivity index (χ0n) is 12.0. The van der Waals surface area contributed by atoms with Crippen LogP contribution in [-0.4, -0.2) is 34.9 Å². The Hall–Kier alpha value is -1.72. The molecule has 0 saturated carbocycles. The van der Waals surface area contributed by atoms with E-state index in [0.717, 1.165) is 23.5 Å². The van der Waals surface area contributed by atoms with Gasteiger partial charge in [0, 0.05) is 23.5 Å². The van der Waals surface area contributed by atoms with Crippen LogP contribution in [0.1, 0.15) is 23.8 Å². The molecule has 5 heteroatoms. The first-order valence-electron chi connectivity index (χ1n) is 7.21. The molecule has 1 aliphatic heterocycles. The van der Waals surface area contributed by atoms with Crippen LogP contribution in [0.4, 0.5) is 0 Å². The van der Waals surface area contributed by atoms with E-state index in [1.807, 2.05) is 40.6 Å². The molecule has 0 spiro atoms. The first kappa shape index (κ1) is 14.2. The maximum absolute atomic E-state index is 12.6. The number of nitrogens with zero attached hydrogens (tertiary/aromatic N) is 2. The van der Waals surface area contributed by atoms with Gasteiger partial charge in [-0.2, -0.15) is 0 Å². The highest BCUT2D eigenvalue weighted by Gasteiger charge is 2.33. The Morgan fingerprint density at radius 3 is 2.86 bits per heavy atom. The molecule has 0 aliphatic carbocycles. The van der Waals surface area contributed by atoms with Crippen molar-refractivity contribution in [3.8, 4) is 10.6 Å². The number of thiazole rings is 1. The van der Waals surface area contributed by atoms with E-state index in [1.165, 1.54) is 11.3 Å². The normalized spacial score (nSPS) is 21.7. The molecule has 2 N–H and O–H groups in total. The summed E-state index contributed by atoms with van der Waals surface area (Å²) in [6, 6.07) is 10.2. The van der Waals surface area contributed by atoms with Gasteiger partial charge in [0.25, 0.3) is 5.91 Å². The number of likely N-dealkylation sites (tertiary alicyclic amines) is 1. The minimum absolute atomic E-state index is 0.0249. The molecule has 0 bridgehead atoms. The van der Waals surface area contributed by atoms with Gasteiger partial charge in [-0.1, -0.05) is 30.3 Å². The van der Waals surface area contributed by atoms with Gasteiger partial charge in [0.05, 0.1) is 0 Å². The van der Waals surface area contributed by atoms with Crippen molar-refractivity contribution >= 4 is 17.2 Å². The van der Waals surface area contributed by atoms with Crippen molar-refractivity contribution < 1.29 is 4.79 Å². The molecular formula is C16H19N3OS. The molecule has 1 aromatic carbocycles. The molecule has 2 atom stereocenters. The number of rotatable bonds is 3. The van der Waals surface area contributed by atoms with Gasteiger partial charge in [0.15, 0.2) is 0 Å². The summed E-state index contributed by atoms with van der Waals surface area (Å²) in [7, 11) is 0. The Morgan fingerprint density at radius 1 is 1.43 bits per heavy atom. The lowest BCUT2D eigenvalue weighted by molar-refractivity contribution is 0.0738. The topological polar surface area (TPSA) is 59.2 Å². The zero-order valence-corrected chi connectivity index (χ0v) is 12.8. The molecule has 110 valence electrons. The first-order valence-corrected chi connectivity index (χ1v) is 8.09. The number of benzene rings is 1. The highest BCUT2D eigenvalue weighted by Crippen LogP contribution is 2.27. The number of hydrogen-bond donors (Lipinski definition) is 1. The second kappa shape index (κ2) is 5.95. The minimum atomic E-state index is 0.0249. The molecule has 0 radical (unpaired) electrons. The van der Waals surface area contributed by atoms with E-state index >= 15 is 0 Å². The van der Waals surface area contributed by atoms with Gasteiger partial charge in [-0.25, -0.2) is 4.98 Å².